The van der Waals surface area contributed by atoms with Crippen molar-refractivity contribution in [3.05, 3.63) is 26.4 Å². The third kappa shape index (κ3) is 1.45. The van der Waals surface area contributed by atoms with Crippen molar-refractivity contribution in [1.82, 2.24) is 0 Å². The van der Waals surface area contributed by atoms with Crippen LogP contribution in [0.5, 0.6) is 0 Å². The molecule has 0 aliphatic heterocycles. The highest BCUT2D eigenvalue weighted by atomic mass is 79.9. The third-order valence-corrected chi connectivity index (χ3v) is 1.54. The summed E-state index contributed by atoms with van der Waals surface area (Å²) in [5.74, 6) is -0.518. The number of halogens is 1. The Bertz CT molecular complexity index is 305. The van der Waals surface area contributed by atoms with Crippen molar-refractivity contribution in [3.63, 3.8) is 0 Å². The van der Waals surface area contributed by atoms with Crippen LogP contribution in [0.25, 0.3) is 0 Å². The summed E-state index contributed by atoms with van der Waals surface area (Å²) in [5.41, 5.74) is 0. The first-order valence-electron chi connectivity index (χ1n) is 2.54. The average molecular weight is 220 g/mol. The fourth-order valence-corrected chi connectivity index (χ4v) is 1.01. The van der Waals surface area contributed by atoms with Crippen molar-refractivity contribution in [2.24, 2.45) is 0 Å². The van der Waals surface area contributed by atoms with Gasteiger partial charge in [-0.25, -0.2) is 0 Å². The maximum absolute atomic E-state index is 10.1. The Hall–Kier alpha value is -1.17. The van der Waals surface area contributed by atoms with Gasteiger partial charge in [0.25, 0.3) is 0 Å². The van der Waals surface area contributed by atoms with Crippen LogP contribution in [0.15, 0.2) is 15.0 Å². The van der Waals surface area contributed by atoms with E-state index in [0.717, 1.165) is 0 Å². The number of carbonyl (C=O) groups excluding carboxylic acids is 1. The summed E-state index contributed by atoms with van der Waals surface area (Å²) in [6.45, 7) is 0. The van der Waals surface area contributed by atoms with Gasteiger partial charge in [-0.1, -0.05) is 0 Å². The first kappa shape index (κ1) is 7.93. The molecule has 0 atom stereocenters. The molecule has 6 heteroatoms. The van der Waals surface area contributed by atoms with Gasteiger partial charge in [0.2, 0.25) is 0 Å². The molecule has 0 fully saturated rings. The predicted molar refractivity (Wildman–Crippen MR) is 38.4 cm³/mol. The van der Waals surface area contributed by atoms with Crippen LogP contribution in [-0.2, 0) is 0 Å². The molecule has 1 heterocycles. The van der Waals surface area contributed by atoms with Crippen molar-refractivity contribution in [3.8, 4) is 0 Å². The Morgan fingerprint density at radius 1 is 1.73 bits per heavy atom. The molecule has 0 unspecified atom stereocenters. The summed E-state index contributed by atoms with van der Waals surface area (Å²) in [7, 11) is 0. The largest absolute Gasteiger partial charge is 0.448 e. The van der Waals surface area contributed by atoms with Gasteiger partial charge in [-0.15, -0.1) is 0 Å². The first-order valence-corrected chi connectivity index (χ1v) is 3.33. The summed E-state index contributed by atoms with van der Waals surface area (Å²) in [6.07, 6.45) is 0.401. The van der Waals surface area contributed by atoms with Gasteiger partial charge in [0.05, 0.1) is 0 Å². The lowest BCUT2D eigenvalue weighted by atomic mass is 10.5. The van der Waals surface area contributed by atoms with Gasteiger partial charge in [0.1, 0.15) is 9.40 Å². The van der Waals surface area contributed by atoms with Gasteiger partial charge >= 0.3 is 5.88 Å². The van der Waals surface area contributed by atoms with Crippen LogP contribution < -0.4 is 0 Å². The standard InChI is InChI=1S/C5H2BrNO4/c6-4-1-3(2-8)11-5(4)7(9)10/h1-2H. The Balaban J connectivity index is 3.16. The summed E-state index contributed by atoms with van der Waals surface area (Å²) < 4.78 is 4.68. The van der Waals surface area contributed by atoms with Crippen molar-refractivity contribution >= 4 is 28.1 Å². The zero-order valence-electron chi connectivity index (χ0n) is 5.11. The van der Waals surface area contributed by atoms with Crippen molar-refractivity contribution in [2.75, 3.05) is 0 Å². The number of nitrogens with zero attached hydrogens (tertiary/aromatic N) is 1. The molecule has 0 saturated heterocycles. The number of carbonyl (C=O) groups is 1. The van der Waals surface area contributed by atoms with E-state index in [4.69, 9.17) is 0 Å². The third-order valence-electron chi connectivity index (χ3n) is 0.970. The second kappa shape index (κ2) is 2.83. The Kier molecular flexibility index (Phi) is 2.04. The van der Waals surface area contributed by atoms with E-state index >= 15 is 0 Å². The second-order valence-corrected chi connectivity index (χ2v) is 2.53. The molecule has 5 nitrogen and oxygen atoms in total. The number of hydrogen-bond acceptors (Lipinski definition) is 4. The average Bonchev–Trinajstić information content (AvgIpc) is 2.30. The van der Waals surface area contributed by atoms with Gasteiger partial charge in [0.15, 0.2) is 12.0 Å². The van der Waals surface area contributed by atoms with Crippen LogP contribution in [-0.4, -0.2) is 11.2 Å². The molecule has 0 aliphatic rings. The lowest BCUT2D eigenvalue weighted by Crippen LogP contribution is -1.84. The van der Waals surface area contributed by atoms with Gasteiger partial charge in [0, 0.05) is 6.07 Å². The molecule has 0 bridgehead atoms. The second-order valence-electron chi connectivity index (χ2n) is 1.68. The fourth-order valence-electron chi connectivity index (χ4n) is 0.559. The molecule has 0 N–H and O–H groups in total. The van der Waals surface area contributed by atoms with E-state index in [1.165, 1.54) is 6.07 Å². The highest BCUT2D eigenvalue weighted by molar-refractivity contribution is 9.10. The minimum absolute atomic E-state index is 0.0661. The van der Waals surface area contributed by atoms with E-state index in [1.54, 1.807) is 0 Å². The van der Waals surface area contributed by atoms with Crippen LogP contribution in [0.4, 0.5) is 5.88 Å². The van der Waals surface area contributed by atoms with Crippen LogP contribution >= 0.6 is 15.9 Å². The minimum atomic E-state index is -0.711. The summed E-state index contributed by atoms with van der Waals surface area (Å²) in [4.78, 5) is 19.5. The smallest absolute Gasteiger partial charge is 0.397 e. The van der Waals surface area contributed by atoms with Gasteiger partial charge < -0.3 is 4.42 Å². The Labute approximate surface area is 69.3 Å². The van der Waals surface area contributed by atoms with Crippen LogP contribution in [0.1, 0.15) is 10.6 Å². The fraction of sp³-hybridized carbons (Fsp3) is 0. The molecular weight excluding hydrogens is 218 g/mol. The number of hydrogen-bond donors (Lipinski definition) is 0. The normalized spacial score (nSPS) is 9.55. The van der Waals surface area contributed by atoms with E-state index in [1.807, 2.05) is 0 Å². The Morgan fingerprint density at radius 2 is 2.36 bits per heavy atom. The van der Waals surface area contributed by atoms with Gasteiger partial charge in [-0.3, -0.25) is 14.9 Å². The van der Waals surface area contributed by atoms with E-state index in [0.29, 0.717) is 6.29 Å². The van der Waals surface area contributed by atoms with Crippen LogP contribution in [0.2, 0.25) is 0 Å². The molecule has 0 aromatic carbocycles. The number of nitro groups is 1. The highest BCUT2D eigenvalue weighted by Gasteiger charge is 2.18. The van der Waals surface area contributed by atoms with E-state index in [9.17, 15) is 14.9 Å². The molecule has 11 heavy (non-hydrogen) atoms. The molecule has 0 spiro atoms. The molecule has 0 aliphatic carbocycles. The minimum Gasteiger partial charge on any atom is -0.397 e. The molecule has 1 rings (SSSR count). The van der Waals surface area contributed by atoms with Crippen LogP contribution in [0.3, 0.4) is 0 Å². The molecule has 0 saturated carbocycles. The first-order chi connectivity index (χ1) is 5.15. The summed E-state index contributed by atoms with van der Waals surface area (Å²) in [6, 6.07) is 1.24. The summed E-state index contributed by atoms with van der Waals surface area (Å²) in [5, 5.41) is 10.1. The van der Waals surface area contributed by atoms with E-state index in [2.05, 4.69) is 20.3 Å². The van der Waals surface area contributed by atoms with Gasteiger partial charge in [-0.05, 0) is 15.9 Å². The number of furan rings is 1. The van der Waals surface area contributed by atoms with E-state index in [-0.39, 0.29) is 10.2 Å². The SMILES string of the molecule is O=Cc1cc(Br)c([N+](=O)[O-])o1. The maximum atomic E-state index is 10.1. The highest BCUT2D eigenvalue weighted by Crippen LogP contribution is 2.27. The number of rotatable bonds is 2. The quantitative estimate of drug-likeness (QED) is 0.432. The van der Waals surface area contributed by atoms with Crippen LogP contribution in [0, 0.1) is 10.1 Å². The molecule has 58 valence electrons. The molecule has 1 aromatic heterocycles. The zero-order chi connectivity index (χ0) is 8.43. The van der Waals surface area contributed by atoms with Crippen molar-refractivity contribution in [1.29, 1.82) is 0 Å². The zero-order valence-corrected chi connectivity index (χ0v) is 6.70. The maximum Gasteiger partial charge on any atom is 0.448 e. The van der Waals surface area contributed by atoms with Crippen molar-refractivity contribution in [2.45, 2.75) is 0 Å². The molecule has 0 amide bonds. The predicted octanol–water partition coefficient (Wildman–Crippen LogP) is 1.76. The Morgan fingerprint density at radius 3 is 2.64 bits per heavy atom. The van der Waals surface area contributed by atoms with E-state index < -0.39 is 10.8 Å². The lowest BCUT2D eigenvalue weighted by molar-refractivity contribution is -0.403. The monoisotopic (exact) mass is 219 g/mol. The van der Waals surface area contributed by atoms with Crippen molar-refractivity contribution < 1.29 is 14.1 Å². The molecular formula is C5H2BrNO4. The molecule has 1 aromatic rings. The lowest BCUT2D eigenvalue weighted by Gasteiger charge is -1.81. The topological polar surface area (TPSA) is 73.3 Å². The summed E-state index contributed by atoms with van der Waals surface area (Å²) >= 11 is 2.86. The molecule has 0 radical (unpaired) electrons. The van der Waals surface area contributed by atoms with Gasteiger partial charge in [-0.2, -0.15) is 0 Å². The number of aldehydes is 1.